The zero-order valence-electron chi connectivity index (χ0n) is 11.0. The van der Waals surface area contributed by atoms with Gasteiger partial charge in [-0.15, -0.1) is 13.2 Å². The van der Waals surface area contributed by atoms with Crippen molar-refractivity contribution in [2.75, 3.05) is 6.61 Å². The standard InChI is InChI=1S/C13H16BrF3O2/c1-12(2,3)6-7-18-9-4-5-11(10(14)8-9)19-13(15,16)17/h4-5,8H,6-7H2,1-3H3. The number of benzene rings is 1. The first-order chi connectivity index (χ1) is 8.57. The molecule has 6 heteroatoms. The third-order valence-electron chi connectivity index (χ3n) is 2.25. The van der Waals surface area contributed by atoms with Crippen molar-refractivity contribution in [2.24, 2.45) is 5.41 Å². The summed E-state index contributed by atoms with van der Waals surface area (Å²) in [6, 6.07) is 4.14. The van der Waals surface area contributed by atoms with Gasteiger partial charge in [0.25, 0.3) is 0 Å². The number of alkyl halides is 3. The molecule has 2 nitrogen and oxygen atoms in total. The van der Waals surface area contributed by atoms with Crippen LogP contribution in [0.2, 0.25) is 0 Å². The molecule has 0 radical (unpaired) electrons. The third-order valence-corrected chi connectivity index (χ3v) is 2.87. The number of hydrogen-bond donors (Lipinski definition) is 0. The van der Waals surface area contributed by atoms with Crippen LogP contribution in [0.1, 0.15) is 27.2 Å². The molecule has 0 bridgehead atoms. The second-order valence-corrected chi connectivity index (χ2v) is 6.15. The lowest BCUT2D eigenvalue weighted by molar-refractivity contribution is -0.274. The van der Waals surface area contributed by atoms with Crippen LogP contribution in [0.5, 0.6) is 11.5 Å². The molecule has 0 aromatic heterocycles. The lowest BCUT2D eigenvalue weighted by Gasteiger charge is -2.18. The van der Waals surface area contributed by atoms with E-state index < -0.39 is 6.36 Å². The molecule has 108 valence electrons. The van der Waals surface area contributed by atoms with E-state index in [9.17, 15) is 13.2 Å². The van der Waals surface area contributed by atoms with Crippen LogP contribution in [0.25, 0.3) is 0 Å². The van der Waals surface area contributed by atoms with E-state index in [-0.39, 0.29) is 15.6 Å². The maximum atomic E-state index is 12.1. The largest absolute Gasteiger partial charge is 0.573 e. The average molecular weight is 341 g/mol. The molecular weight excluding hydrogens is 325 g/mol. The van der Waals surface area contributed by atoms with E-state index in [1.807, 2.05) is 0 Å². The quantitative estimate of drug-likeness (QED) is 0.753. The monoisotopic (exact) mass is 340 g/mol. The van der Waals surface area contributed by atoms with Crippen LogP contribution in [-0.4, -0.2) is 13.0 Å². The van der Waals surface area contributed by atoms with Crippen molar-refractivity contribution in [1.82, 2.24) is 0 Å². The number of rotatable bonds is 4. The van der Waals surface area contributed by atoms with Gasteiger partial charge in [0.2, 0.25) is 0 Å². The van der Waals surface area contributed by atoms with Gasteiger partial charge in [0.05, 0.1) is 11.1 Å². The van der Waals surface area contributed by atoms with Crippen molar-refractivity contribution in [1.29, 1.82) is 0 Å². The maximum absolute atomic E-state index is 12.1. The van der Waals surface area contributed by atoms with Gasteiger partial charge in [-0.1, -0.05) is 20.8 Å². The summed E-state index contributed by atoms with van der Waals surface area (Å²) in [6.45, 7) is 6.78. The Morgan fingerprint density at radius 2 is 1.79 bits per heavy atom. The highest BCUT2D eigenvalue weighted by molar-refractivity contribution is 9.10. The first-order valence-electron chi connectivity index (χ1n) is 5.75. The zero-order chi connectivity index (χ0) is 14.7. The van der Waals surface area contributed by atoms with Gasteiger partial charge in [-0.25, -0.2) is 0 Å². The molecule has 0 amide bonds. The summed E-state index contributed by atoms with van der Waals surface area (Å²) in [6.07, 6.45) is -3.84. The molecule has 0 aliphatic rings. The van der Waals surface area contributed by atoms with Gasteiger partial charge in [0.15, 0.2) is 0 Å². The molecule has 19 heavy (non-hydrogen) atoms. The summed E-state index contributed by atoms with van der Waals surface area (Å²) in [5.74, 6) is 0.223. The molecule has 0 N–H and O–H groups in total. The Balaban J connectivity index is 2.62. The van der Waals surface area contributed by atoms with E-state index in [0.29, 0.717) is 12.4 Å². The fourth-order valence-electron chi connectivity index (χ4n) is 1.25. The van der Waals surface area contributed by atoms with Crippen molar-refractivity contribution in [2.45, 2.75) is 33.6 Å². The van der Waals surface area contributed by atoms with Gasteiger partial charge in [-0.05, 0) is 46.0 Å². The Morgan fingerprint density at radius 3 is 2.26 bits per heavy atom. The van der Waals surface area contributed by atoms with Gasteiger partial charge < -0.3 is 9.47 Å². The minimum Gasteiger partial charge on any atom is -0.494 e. The SMILES string of the molecule is CC(C)(C)CCOc1ccc(OC(F)(F)F)c(Br)c1. The predicted octanol–water partition coefficient (Wildman–Crippen LogP) is 5.16. The smallest absolute Gasteiger partial charge is 0.494 e. The summed E-state index contributed by atoms with van der Waals surface area (Å²) in [5, 5.41) is 0. The second kappa shape index (κ2) is 6.03. The van der Waals surface area contributed by atoms with Crippen molar-refractivity contribution in [3.8, 4) is 11.5 Å². The molecule has 0 heterocycles. The van der Waals surface area contributed by atoms with Crippen molar-refractivity contribution < 1.29 is 22.6 Å². The molecule has 0 fully saturated rings. The van der Waals surface area contributed by atoms with E-state index in [1.165, 1.54) is 18.2 Å². The summed E-state index contributed by atoms with van der Waals surface area (Å²) < 4.78 is 45.8. The molecule has 1 aromatic rings. The summed E-state index contributed by atoms with van der Waals surface area (Å²) in [5.41, 5.74) is 0.149. The van der Waals surface area contributed by atoms with Crippen molar-refractivity contribution >= 4 is 15.9 Å². The van der Waals surface area contributed by atoms with Crippen molar-refractivity contribution in [3.05, 3.63) is 22.7 Å². The second-order valence-electron chi connectivity index (χ2n) is 5.30. The van der Waals surface area contributed by atoms with Crippen LogP contribution >= 0.6 is 15.9 Å². The van der Waals surface area contributed by atoms with Gasteiger partial charge in [-0.2, -0.15) is 0 Å². The van der Waals surface area contributed by atoms with Crippen LogP contribution in [0, 0.1) is 5.41 Å². The van der Waals surface area contributed by atoms with Crippen molar-refractivity contribution in [3.63, 3.8) is 0 Å². The number of halogens is 4. The molecule has 0 atom stereocenters. The molecule has 1 rings (SSSR count). The van der Waals surface area contributed by atoms with Crippen LogP contribution in [-0.2, 0) is 0 Å². The first kappa shape index (κ1) is 16.1. The molecule has 0 spiro atoms. The van der Waals surface area contributed by atoms with E-state index in [0.717, 1.165) is 6.42 Å². The fraction of sp³-hybridized carbons (Fsp3) is 0.538. The fourth-order valence-corrected chi connectivity index (χ4v) is 1.69. The molecule has 0 unspecified atom stereocenters. The molecule has 1 aromatic carbocycles. The highest BCUT2D eigenvalue weighted by Gasteiger charge is 2.32. The number of hydrogen-bond acceptors (Lipinski definition) is 2. The van der Waals surface area contributed by atoms with Crippen LogP contribution in [0.3, 0.4) is 0 Å². The normalized spacial score (nSPS) is 12.4. The third kappa shape index (κ3) is 6.71. The van der Waals surface area contributed by atoms with Crippen LogP contribution < -0.4 is 9.47 Å². The Kier molecular flexibility index (Phi) is 5.12. The minimum atomic E-state index is -4.70. The van der Waals surface area contributed by atoms with Crippen LogP contribution in [0.15, 0.2) is 22.7 Å². The molecule has 0 aliphatic heterocycles. The Morgan fingerprint density at radius 1 is 1.16 bits per heavy atom. The maximum Gasteiger partial charge on any atom is 0.573 e. The topological polar surface area (TPSA) is 18.5 Å². The first-order valence-corrected chi connectivity index (χ1v) is 6.54. The lowest BCUT2D eigenvalue weighted by atomic mass is 9.93. The highest BCUT2D eigenvalue weighted by atomic mass is 79.9. The van der Waals surface area contributed by atoms with Gasteiger partial charge in [-0.3, -0.25) is 0 Å². The lowest BCUT2D eigenvalue weighted by Crippen LogP contribution is -2.17. The van der Waals surface area contributed by atoms with E-state index in [1.54, 1.807) is 0 Å². The van der Waals surface area contributed by atoms with E-state index >= 15 is 0 Å². The summed E-state index contributed by atoms with van der Waals surface area (Å²) in [7, 11) is 0. The molecule has 0 aliphatic carbocycles. The Bertz CT molecular complexity index is 425. The van der Waals surface area contributed by atoms with Crippen LogP contribution in [0.4, 0.5) is 13.2 Å². The molecular formula is C13H16BrF3O2. The minimum absolute atomic E-state index is 0.149. The Hall–Kier alpha value is -0.910. The summed E-state index contributed by atoms with van der Waals surface area (Å²) >= 11 is 3.03. The highest BCUT2D eigenvalue weighted by Crippen LogP contribution is 2.33. The Labute approximate surface area is 119 Å². The average Bonchev–Trinajstić information content (AvgIpc) is 2.18. The van der Waals surface area contributed by atoms with E-state index in [2.05, 4.69) is 41.4 Å². The van der Waals surface area contributed by atoms with Gasteiger partial charge in [0, 0.05) is 0 Å². The summed E-state index contributed by atoms with van der Waals surface area (Å²) in [4.78, 5) is 0. The van der Waals surface area contributed by atoms with Gasteiger partial charge >= 0.3 is 6.36 Å². The van der Waals surface area contributed by atoms with E-state index in [4.69, 9.17) is 4.74 Å². The zero-order valence-corrected chi connectivity index (χ0v) is 12.6. The molecule has 0 saturated heterocycles. The number of ether oxygens (including phenoxy) is 2. The predicted molar refractivity (Wildman–Crippen MR) is 70.4 cm³/mol. The molecule has 0 saturated carbocycles. The van der Waals surface area contributed by atoms with Gasteiger partial charge in [0.1, 0.15) is 11.5 Å².